The minimum atomic E-state index is -1.78. The molecule has 0 bridgehead atoms. The van der Waals surface area contributed by atoms with Crippen molar-refractivity contribution >= 4 is 11.8 Å². The molecule has 0 saturated heterocycles. The van der Waals surface area contributed by atoms with Gasteiger partial charge in [-0.3, -0.25) is 9.59 Å². The van der Waals surface area contributed by atoms with Gasteiger partial charge in [0.1, 0.15) is 6.54 Å². The summed E-state index contributed by atoms with van der Waals surface area (Å²) in [5.74, 6) is -1.49. The van der Waals surface area contributed by atoms with Crippen LogP contribution in [-0.2, 0) is 9.59 Å². The highest BCUT2D eigenvalue weighted by atomic mass is 16.4. The van der Waals surface area contributed by atoms with Crippen LogP contribution in [0, 0.1) is 0 Å². The Morgan fingerprint density at radius 3 is 1.93 bits per heavy atom. The molecule has 0 radical (unpaired) electrons. The molecule has 0 aromatic carbocycles. The number of rotatable bonds is 18. The van der Waals surface area contributed by atoms with E-state index in [0.717, 1.165) is 51.4 Å². The Morgan fingerprint density at radius 1 is 0.833 bits per heavy atom. The summed E-state index contributed by atoms with van der Waals surface area (Å²) in [5.41, 5.74) is -1.78. The van der Waals surface area contributed by atoms with E-state index in [4.69, 9.17) is 5.11 Å². The maximum Gasteiger partial charge on any atom is 0.306 e. The lowest BCUT2D eigenvalue weighted by molar-refractivity contribution is -0.875. The van der Waals surface area contributed by atoms with Crippen LogP contribution < -0.4 is 0 Å². The standard InChI is InChI=1S/C25H43NO4/c1-5-6-7-8-9-10-11-12-13-14-15-16-17-18-19-20-23(27)25(30,21-24(28)29)22-26(2,3)4/h6-7,9-10,12-13,30H,5,8,11,14-22H2,1-4H3/p+1/b7-6-,10-9-,13-12-. The van der Waals surface area contributed by atoms with Gasteiger partial charge < -0.3 is 14.7 Å². The van der Waals surface area contributed by atoms with E-state index in [9.17, 15) is 14.7 Å². The van der Waals surface area contributed by atoms with Gasteiger partial charge in [0.2, 0.25) is 0 Å². The molecule has 0 heterocycles. The number of ketones is 1. The normalized spacial score (nSPS) is 14.7. The Morgan fingerprint density at radius 2 is 1.37 bits per heavy atom. The Labute approximate surface area is 183 Å². The zero-order chi connectivity index (χ0) is 22.9. The molecule has 0 aliphatic carbocycles. The monoisotopic (exact) mass is 422 g/mol. The number of Topliss-reactive ketones (excluding diaryl/α,β-unsaturated/α-hetero) is 1. The average Bonchev–Trinajstić information content (AvgIpc) is 2.62. The fraction of sp³-hybridized carbons (Fsp3) is 0.680. The first kappa shape index (κ1) is 28.3. The van der Waals surface area contributed by atoms with Gasteiger partial charge in [0.25, 0.3) is 0 Å². The second kappa shape index (κ2) is 16.0. The smallest absolute Gasteiger partial charge is 0.306 e. The quantitative estimate of drug-likeness (QED) is 0.184. The molecule has 30 heavy (non-hydrogen) atoms. The number of aliphatic hydroxyl groups is 1. The van der Waals surface area contributed by atoms with Crippen LogP contribution in [-0.4, -0.2) is 59.7 Å². The molecule has 0 aliphatic rings. The van der Waals surface area contributed by atoms with E-state index in [1.807, 2.05) is 21.1 Å². The topological polar surface area (TPSA) is 74.6 Å². The molecule has 0 fully saturated rings. The average molecular weight is 423 g/mol. The first-order valence-electron chi connectivity index (χ1n) is 11.3. The van der Waals surface area contributed by atoms with Gasteiger partial charge in [-0.1, -0.05) is 62.6 Å². The van der Waals surface area contributed by atoms with E-state index >= 15 is 0 Å². The zero-order valence-electron chi connectivity index (χ0n) is 19.6. The van der Waals surface area contributed by atoms with Gasteiger partial charge >= 0.3 is 5.97 Å². The molecule has 5 heteroatoms. The van der Waals surface area contributed by atoms with E-state index in [2.05, 4.69) is 43.4 Å². The lowest BCUT2D eigenvalue weighted by atomic mass is 9.89. The predicted molar refractivity (Wildman–Crippen MR) is 124 cm³/mol. The number of hydrogen-bond acceptors (Lipinski definition) is 3. The molecule has 0 saturated carbocycles. The second-order valence-corrected chi connectivity index (χ2v) is 9.07. The summed E-state index contributed by atoms with van der Waals surface area (Å²) >= 11 is 0. The van der Waals surface area contributed by atoms with Gasteiger partial charge in [0, 0.05) is 6.42 Å². The van der Waals surface area contributed by atoms with Crippen LogP contribution in [0.4, 0.5) is 0 Å². The number of carboxylic acids is 1. The van der Waals surface area contributed by atoms with Gasteiger partial charge in [-0.15, -0.1) is 0 Å². The van der Waals surface area contributed by atoms with Crippen LogP contribution in [0.3, 0.4) is 0 Å². The minimum absolute atomic E-state index is 0.106. The van der Waals surface area contributed by atoms with Crippen molar-refractivity contribution in [3.63, 3.8) is 0 Å². The Balaban J connectivity index is 3.95. The van der Waals surface area contributed by atoms with Crippen LogP contribution in [0.25, 0.3) is 0 Å². The number of likely N-dealkylation sites (N-methyl/N-ethyl adjacent to an activating group) is 1. The molecular weight excluding hydrogens is 378 g/mol. The number of aliphatic carboxylic acids is 1. The Hall–Kier alpha value is -1.72. The summed E-state index contributed by atoms with van der Waals surface area (Å²) in [5, 5.41) is 19.7. The molecule has 0 aromatic heterocycles. The Kier molecular flexibility index (Phi) is 15.1. The third kappa shape index (κ3) is 16.1. The molecule has 0 aromatic rings. The number of hydrogen-bond donors (Lipinski definition) is 2. The molecular formula is C25H44NO4+. The van der Waals surface area contributed by atoms with Crippen molar-refractivity contribution in [2.45, 2.75) is 83.2 Å². The number of carboxylic acid groups (broad SMARTS) is 1. The lowest BCUT2D eigenvalue weighted by Gasteiger charge is -2.33. The van der Waals surface area contributed by atoms with E-state index in [-0.39, 0.29) is 18.7 Å². The summed E-state index contributed by atoms with van der Waals surface area (Å²) < 4.78 is 0.342. The maximum absolute atomic E-state index is 12.5. The van der Waals surface area contributed by atoms with Crippen LogP contribution in [0.1, 0.15) is 77.6 Å². The van der Waals surface area contributed by atoms with Gasteiger partial charge in [0.15, 0.2) is 11.4 Å². The van der Waals surface area contributed by atoms with Gasteiger partial charge in [-0.05, 0) is 38.5 Å². The van der Waals surface area contributed by atoms with Crippen molar-refractivity contribution in [3.8, 4) is 0 Å². The minimum Gasteiger partial charge on any atom is -0.481 e. The van der Waals surface area contributed by atoms with E-state index in [1.165, 1.54) is 0 Å². The first-order valence-corrected chi connectivity index (χ1v) is 11.3. The molecule has 2 N–H and O–H groups in total. The van der Waals surface area contributed by atoms with Crippen LogP contribution in [0.5, 0.6) is 0 Å². The van der Waals surface area contributed by atoms with E-state index in [0.29, 0.717) is 10.9 Å². The number of quaternary nitrogens is 1. The van der Waals surface area contributed by atoms with Gasteiger partial charge in [0.05, 0.1) is 27.6 Å². The molecule has 1 unspecified atom stereocenters. The second-order valence-electron chi connectivity index (χ2n) is 9.07. The largest absolute Gasteiger partial charge is 0.481 e. The fourth-order valence-corrected chi connectivity index (χ4v) is 3.41. The molecule has 0 spiro atoms. The number of carbonyl (C=O) groups is 2. The van der Waals surface area contributed by atoms with Crippen molar-refractivity contribution in [1.29, 1.82) is 0 Å². The van der Waals surface area contributed by atoms with Crippen molar-refractivity contribution in [1.82, 2.24) is 0 Å². The summed E-state index contributed by atoms with van der Waals surface area (Å²) in [6, 6.07) is 0. The summed E-state index contributed by atoms with van der Waals surface area (Å²) in [6.45, 7) is 2.24. The van der Waals surface area contributed by atoms with Crippen LogP contribution in [0.15, 0.2) is 36.5 Å². The number of carbonyl (C=O) groups excluding carboxylic acids is 1. The summed E-state index contributed by atoms with van der Waals surface area (Å²) in [6.07, 6.45) is 22.0. The van der Waals surface area contributed by atoms with Crippen molar-refractivity contribution in [3.05, 3.63) is 36.5 Å². The SMILES string of the molecule is CC/C=C\C/C=C\C/C=C\CCCCCCCC(=O)C(O)(CC(=O)O)C[N+](C)(C)C. The summed E-state index contributed by atoms with van der Waals surface area (Å²) in [4.78, 5) is 23.6. The number of allylic oxidation sites excluding steroid dienone is 6. The highest BCUT2D eigenvalue weighted by Crippen LogP contribution is 2.20. The first-order chi connectivity index (χ1) is 14.1. The molecule has 0 aliphatic heterocycles. The summed E-state index contributed by atoms with van der Waals surface area (Å²) in [7, 11) is 5.53. The van der Waals surface area contributed by atoms with Crippen LogP contribution >= 0.6 is 0 Å². The third-order valence-electron chi connectivity index (χ3n) is 4.75. The Bertz CT molecular complexity index is 572. The number of unbranched alkanes of at least 4 members (excludes halogenated alkanes) is 5. The number of nitrogens with zero attached hydrogens (tertiary/aromatic N) is 1. The lowest BCUT2D eigenvalue weighted by Crippen LogP contribution is -2.54. The van der Waals surface area contributed by atoms with Crippen molar-refractivity contribution in [2.24, 2.45) is 0 Å². The van der Waals surface area contributed by atoms with E-state index < -0.39 is 18.0 Å². The van der Waals surface area contributed by atoms with Crippen molar-refractivity contribution in [2.75, 3.05) is 27.7 Å². The van der Waals surface area contributed by atoms with Gasteiger partial charge in [-0.2, -0.15) is 0 Å². The van der Waals surface area contributed by atoms with Crippen molar-refractivity contribution < 1.29 is 24.3 Å². The zero-order valence-corrected chi connectivity index (χ0v) is 19.6. The molecule has 5 nitrogen and oxygen atoms in total. The molecule has 0 amide bonds. The van der Waals surface area contributed by atoms with Crippen LogP contribution in [0.2, 0.25) is 0 Å². The molecule has 0 rings (SSSR count). The highest BCUT2D eigenvalue weighted by molar-refractivity contribution is 5.90. The third-order valence-corrected chi connectivity index (χ3v) is 4.75. The van der Waals surface area contributed by atoms with E-state index in [1.54, 1.807) is 0 Å². The molecule has 1 atom stereocenters. The fourth-order valence-electron chi connectivity index (χ4n) is 3.41. The maximum atomic E-state index is 12.5. The van der Waals surface area contributed by atoms with Gasteiger partial charge in [-0.25, -0.2) is 0 Å². The predicted octanol–water partition coefficient (Wildman–Crippen LogP) is 5.06. The molecule has 172 valence electrons. The highest BCUT2D eigenvalue weighted by Gasteiger charge is 2.42.